The number of rotatable bonds is 0. The Morgan fingerprint density at radius 1 is 1.80 bits per heavy atom. The van der Waals surface area contributed by atoms with Crippen LogP contribution in [0.4, 0.5) is 0 Å². The Bertz CT molecular complexity index is 13.5. The Balaban J connectivity index is -0.00000000667. The molecule has 0 rings (SSSR count). The summed E-state index contributed by atoms with van der Waals surface area (Å²) in [6.07, 6.45) is 0. The predicted octanol–water partition coefficient (Wildman–Crippen LogP) is -5.22. The minimum absolute atomic E-state index is 0. The summed E-state index contributed by atoms with van der Waals surface area (Å²) >= 11 is 0. The molecule has 30 valence electrons. The van der Waals surface area contributed by atoms with Crippen molar-refractivity contribution in [1.29, 1.82) is 0 Å². The van der Waals surface area contributed by atoms with Gasteiger partial charge in [-0.1, -0.05) is 6.55 Å². The first-order valence-electron chi connectivity index (χ1n) is 1.02. The fraction of sp³-hybridized carbons (Fsp3) is 1.00. The van der Waals surface area contributed by atoms with Crippen LogP contribution in [0, 0.1) is 0 Å². The summed E-state index contributed by atoms with van der Waals surface area (Å²) in [5.41, 5.74) is 0. The first kappa shape index (κ1) is 15.7. The van der Waals surface area contributed by atoms with Crippen LogP contribution in [-0.2, 0) is 0 Å². The van der Waals surface area contributed by atoms with E-state index < -0.39 is 9.76 Å². The zero-order chi connectivity index (χ0) is 2.71. The Labute approximate surface area is 83.4 Å². The van der Waals surface area contributed by atoms with Gasteiger partial charge in [0.05, 0.1) is 0 Å². The summed E-state index contributed by atoms with van der Waals surface area (Å²) in [5, 5.41) is 0. The van der Waals surface area contributed by atoms with Crippen molar-refractivity contribution < 1.29 is 57.6 Å². The molecule has 1 N–H and O–H groups in total. The van der Waals surface area contributed by atoms with Crippen LogP contribution < -0.4 is 51.4 Å². The van der Waals surface area contributed by atoms with Gasteiger partial charge in [-0.2, -0.15) is 0 Å². The van der Waals surface area contributed by atoms with Gasteiger partial charge in [0.2, 0.25) is 0 Å². The van der Waals surface area contributed by atoms with E-state index in [4.69, 9.17) is 4.80 Å². The van der Waals surface area contributed by atoms with Crippen molar-refractivity contribution in [3.8, 4) is 0 Å². The van der Waals surface area contributed by atoms with Crippen molar-refractivity contribution in [2.24, 2.45) is 0 Å². The Kier molecular flexibility index (Phi) is 52.3. The smallest absolute Gasteiger partial charge is 1.00 e. The van der Waals surface area contributed by atoms with Gasteiger partial charge in [-0.3, -0.25) is 0 Å². The molecule has 5 heavy (non-hydrogen) atoms. The van der Waals surface area contributed by atoms with Crippen LogP contribution in [0.2, 0.25) is 6.55 Å². The van der Waals surface area contributed by atoms with Gasteiger partial charge in [-0.05, 0) is 11.0 Å². The molecule has 4 heteroatoms. The number of hydrogen-bond acceptors (Lipinski definition) is 1. The van der Waals surface area contributed by atoms with Crippen molar-refractivity contribution in [3.05, 3.63) is 0 Å². The largest absolute Gasteiger partial charge is 1.00 e. The fourth-order valence-corrected chi connectivity index (χ4v) is 0. The van der Waals surface area contributed by atoms with Gasteiger partial charge < -0.3 is 6.22 Å². The van der Waals surface area contributed by atoms with Gasteiger partial charge >= 0.3 is 51.4 Å². The first-order valence-corrected chi connectivity index (χ1v) is 3.07. The van der Waals surface area contributed by atoms with Crippen molar-refractivity contribution in [2.45, 2.75) is 6.55 Å². The summed E-state index contributed by atoms with van der Waals surface area (Å²) in [6.45, 7) is 1.82. The Morgan fingerprint density at radius 2 is 1.80 bits per heavy atom. The summed E-state index contributed by atoms with van der Waals surface area (Å²) < 4.78 is 0. The van der Waals surface area contributed by atoms with Gasteiger partial charge in [0.25, 0.3) is 0 Å². The van der Waals surface area contributed by atoms with Crippen LogP contribution in [0.15, 0.2) is 0 Å². The molecular weight excluding hydrogens is 123 g/mol. The zero-order valence-corrected chi connectivity index (χ0v) is 7.69. The molecule has 0 aliphatic heterocycles. The monoisotopic (exact) mass is 134 g/mol. The van der Waals surface area contributed by atoms with E-state index in [0.29, 0.717) is 0 Å². The summed E-state index contributed by atoms with van der Waals surface area (Å²) in [4.78, 5) is 7.71. The SMILES string of the molecule is C[SiH2]O.[H-].[K+].[SiH4]. The van der Waals surface area contributed by atoms with Crippen LogP contribution in [-0.4, -0.2) is 25.5 Å². The molecule has 0 amide bonds. The second-order valence-electron chi connectivity index (χ2n) is 0.316. The standard InChI is InChI=1S/CH6OSi.K.H4Si.H/c1-3-2;;;/h2H,3H2,1H3;;1H4;/q;+1;;-1. The minimum Gasteiger partial charge on any atom is -1.00 e. The van der Waals surface area contributed by atoms with Crippen molar-refractivity contribution >= 4 is 20.7 Å². The maximum atomic E-state index is 7.71. The second kappa shape index (κ2) is 16.6. The van der Waals surface area contributed by atoms with Crippen molar-refractivity contribution in [1.82, 2.24) is 0 Å². The molecule has 0 aliphatic carbocycles. The predicted molar refractivity (Wildman–Crippen MR) is 29.1 cm³/mol. The molecule has 0 radical (unpaired) electrons. The van der Waals surface area contributed by atoms with Crippen LogP contribution in [0.25, 0.3) is 0 Å². The van der Waals surface area contributed by atoms with Gasteiger partial charge in [0.15, 0.2) is 9.76 Å². The molecule has 0 fully saturated rings. The molecule has 0 aromatic heterocycles. The molecule has 0 saturated heterocycles. The van der Waals surface area contributed by atoms with Crippen LogP contribution in [0.5, 0.6) is 0 Å². The molecular formula is CH11KOSi2. The summed E-state index contributed by atoms with van der Waals surface area (Å²) in [5.74, 6) is 0. The average molecular weight is 134 g/mol. The molecule has 0 aliphatic rings. The molecule has 0 unspecified atom stereocenters. The molecule has 0 spiro atoms. The topological polar surface area (TPSA) is 20.2 Å². The van der Waals surface area contributed by atoms with E-state index in [9.17, 15) is 0 Å². The van der Waals surface area contributed by atoms with E-state index in [0.717, 1.165) is 0 Å². The summed E-state index contributed by atoms with van der Waals surface area (Å²) in [7, 11) is -0.583. The maximum absolute atomic E-state index is 7.71. The fourth-order valence-electron chi connectivity index (χ4n) is 0. The Morgan fingerprint density at radius 3 is 1.80 bits per heavy atom. The van der Waals surface area contributed by atoms with E-state index in [1.807, 2.05) is 6.55 Å². The second-order valence-corrected chi connectivity index (χ2v) is 0.949. The Hall–Kier alpha value is 2.03. The average Bonchev–Trinajstić information content (AvgIpc) is 0.918. The van der Waals surface area contributed by atoms with Crippen LogP contribution >= 0.6 is 0 Å². The third-order valence-electron chi connectivity index (χ3n) is 0. The van der Waals surface area contributed by atoms with E-state index in [2.05, 4.69) is 0 Å². The molecule has 0 bridgehead atoms. The van der Waals surface area contributed by atoms with E-state index >= 15 is 0 Å². The summed E-state index contributed by atoms with van der Waals surface area (Å²) in [6, 6.07) is 0. The molecule has 0 atom stereocenters. The minimum atomic E-state index is -0.583. The van der Waals surface area contributed by atoms with Crippen LogP contribution in [0.1, 0.15) is 1.43 Å². The van der Waals surface area contributed by atoms with E-state index in [-0.39, 0.29) is 63.8 Å². The molecule has 0 aromatic carbocycles. The van der Waals surface area contributed by atoms with Gasteiger partial charge in [-0.25, -0.2) is 0 Å². The van der Waals surface area contributed by atoms with E-state index in [1.54, 1.807) is 0 Å². The van der Waals surface area contributed by atoms with Gasteiger partial charge in [0, 0.05) is 0 Å². The quantitative estimate of drug-likeness (QED) is 0.328. The third kappa shape index (κ3) is 23.8. The molecule has 1 nitrogen and oxygen atoms in total. The van der Waals surface area contributed by atoms with Gasteiger partial charge in [-0.15, -0.1) is 0 Å². The van der Waals surface area contributed by atoms with Crippen molar-refractivity contribution in [3.63, 3.8) is 0 Å². The third-order valence-corrected chi connectivity index (χ3v) is 0. The maximum Gasteiger partial charge on any atom is 1.00 e. The first-order chi connectivity index (χ1) is 1.41. The molecule has 0 heterocycles. The number of hydrogen-bond donors (Lipinski definition) is 1. The van der Waals surface area contributed by atoms with Gasteiger partial charge in [0.1, 0.15) is 0 Å². The normalized spacial score (nSPS) is 6.00. The van der Waals surface area contributed by atoms with Crippen LogP contribution in [0.3, 0.4) is 0 Å². The van der Waals surface area contributed by atoms with Crippen molar-refractivity contribution in [2.75, 3.05) is 0 Å². The molecule has 0 saturated carbocycles. The van der Waals surface area contributed by atoms with E-state index in [1.165, 1.54) is 0 Å². The zero-order valence-electron chi connectivity index (χ0n) is 4.15. The molecule has 0 aromatic rings.